The van der Waals surface area contributed by atoms with Gasteiger partial charge in [-0.2, -0.15) is 0 Å². The zero-order valence-electron chi connectivity index (χ0n) is 16.2. The second-order valence-electron chi connectivity index (χ2n) is 7.39. The smallest absolute Gasteiger partial charge is 0.238 e. The third kappa shape index (κ3) is 6.02. The van der Waals surface area contributed by atoms with Crippen LogP contribution in [0.15, 0.2) is 24.3 Å². The van der Waals surface area contributed by atoms with Gasteiger partial charge in [0.05, 0.1) is 20.2 Å². The quantitative estimate of drug-likeness (QED) is 0.783. The number of rotatable bonds is 7. The lowest BCUT2D eigenvalue weighted by atomic mass is 9.78. The summed E-state index contributed by atoms with van der Waals surface area (Å²) in [7, 11) is 3.38. The molecule has 0 bridgehead atoms. The molecule has 2 N–H and O–H groups in total. The van der Waals surface area contributed by atoms with Crippen LogP contribution < -0.4 is 15.4 Å². The van der Waals surface area contributed by atoms with E-state index in [1.165, 1.54) is 6.42 Å². The molecule has 0 aliphatic heterocycles. The summed E-state index contributed by atoms with van der Waals surface area (Å²) in [5.74, 6) is 1.71. The number of nitrogens with one attached hydrogen (secondary N) is 2. The van der Waals surface area contributed by atoms with E-state index in [-0.39, 0.29) is 30.9 Å². The van der Waals surface area contributed by atoms with Crippen LogP contribution in [0, 0.1) is 11.8 Å². The number of anilines is 1. The fourth-order valence-corrected chi connectivity index (χ4v) is 3.46. The minimum atomic E-state index is -0.148. The molecule has 1 fully saturated rings. The van der Waals surface area contributed by atoms with E-state index in [1.54, 1.807) is 43.3 Å². The molecule has 0 radical (unpaired) electrons. The van der Waals surface area contributed by atoms with Crippen LogP contribution in [-0.4, -0.2) is 50.0 Å². The van der Waals surface area contributed by atoms with Crippen molar-refractivity contribution in [2.24, 2.45) is 11.8 Å². The summed E-state index contributed by atoms with van der Waals surface area (Å²) in [6.45, 7) is 4.84. The van der Waals surface area contributed by atoms with Crippen molar-refractivity contribution < 1.29 is 14.3 Å². The van der Waals surface area contributed by atoms with Gasteiger partial charge in [-0.15, -0.1) is 0 Å². The predicted molar refractivity (Wildman–Crippen MR) is 103 cm³/mol. The van der Waals surface area contributed by atoms with Gasteiger partial charge in [0, 0.05) is 11.7 Å². The van der Waals surface area contributed by atoms with Crippen molar-refractivity contribution in [2.75, 3.05) is 32.6 Å². The summed E-state index contributed by atoms with van der Waals surface area (Å²) in [4.78, 5) is 26.1. The van der Waals surface area contributed by atoms with Crippen LogP contribution in [0.4, 0.5) is 5.69 Å². The molecule has 1 aliphatic carbocycles. The Kier molecular flexibility index (Phi) is 7.45. The van der Waals surface area contributed by atoms with E-state index in [0.29, 0.717) is 17.5 Å². The van der Waals surface area contributed by atoms with Gasteiger partial charge in [-0.25, -0.2) is 0 Å². The Hall–Kier alpha value is -2.08. The Labute approximate surface area is 156 Å². The monoisotopic (exact) mass is 361 g/mol. The van der Waals surface area contributed by atoms with Crippen molar-refractivity contribution in [2.45, 2.75) is 39.2 Å². The molecule has 0 saturated heterocycles. The first-order valence-electron chi connectivity index (χ1n) is 9.31. The fourth-order valence-electron chi connectivity index (χ4n) is 3.46. The number of amides is 2. The lowest BCUT2D eigenvalue weighted by Crippen LogP contribution is -2.47. The van der Waals surface area contributed by atoms with Crippen molar-refractivity contribution in [3.8, 4) is 5.75 Å². The average Bonchev–Trinajstić information content (AvgIpc) is 2.59. The van der Waals surface area contributed by atoms with Crippen LogP contribution in [0.25, 0.3) is 0 Å². The third-order valence-electron chi connectivity index (χ3n) is 5.25. The Morgan fingerprint density at radius 2 is 1.77 bits per heavy atom. The van der Waals surface area contributed by atoms with Crippen LogP contribution in [0.3, 0.4) is 0 Å². The molecule has 2 amide bonds. The van der Waals surface area contributed by atoms with Gasteiger partial charge in [-0.3, -0.25) is 14.5 Å². The molecule has 6 heteroatoms. The van der Waals surface area contributed by atoms with Gasteiger partial charge in [0.1, 0.15) is 5.75 Å². The van der Waals surface area contributed by atoms with Crippen molar-refractivity contribution in [3.05, 3.63) is 24.3 Å². The highest BCUT2D eigenvalue weighted by molar-refractivity contribution is 5.92. The summed E-state index contributed by atoms with van der Waals surface area (Å²) in [6.07, 6.45) is 3.44. The molecule has 3 atom stereocenters. The van der Waals surface area contributed by atoms with Crippen LogP contribution in [0.5, 0.6) is 5.75 Å². The molecule has 1 aliphatic rings. The molecular weight excluding hydrogens is 330 g/mol. The second-order valence-corrected chi connectivity index (χ2v) is 7.39. The molecule has 2 rings (SSSR count). The molecule has 0 spiro atoms. The fraction of sp³-hybridized carbons (Fsp3) is 0.600. The second kappa shape index (κ2) is 9.57. The van der Waals surface area contributed by atoms with Gasteiger partial charge in [0.25, 0.3) is 0 Å². The van der Waals surface area contributed by atoms with E-state index < -0.39 is 0 Å². The highest BCUT2D eigenvalue weighted by Crippen LogP contribution is 2.29. The van der Waals surface area contributed by atoms with Gasteiger partial charge in [-0.1, -0.05) is 26.7 Å². The van der Waals surface area contributed by atoms with E-state index in [4.69, 9.17) is 4.74 Å². The van der Waals surface area contributed by atoms with Crippen molar-refractivity contribution in [1.82, 2.24) is 10.2 Å². The molecule has 144 valence electrons. The maximum absolute atomic E-state index is 12.3. The Morgan fingerprint density at radius 1 is 1.12 bits per heavy atom. The zero-order valence-corrected chi connectivity index (χ0v) is 16.2. The highest BCUT2D eigenvalue weighted by Gasteiger charge is 2.28. The number of ether oxygens (including phenoxy) is 1. The highest BCUT2D eigenvalue weighted by atomic mass is 16.5. The van der Waals surface area contributed by atoms with E-state index in [2.05, 4.69) is 24.5 Å². The molecule has 6 nitrogen and oxygen atoms in total. The van der Waals surface area contributed by atoms with Crippen molar-refractivity contribution in [1.29, 1.82) is 0 Å². The van der Waals surface area contributed by atoms with E-state index in [0.717, 1.165) is 18.6 Å². The number of carbonyl (C=O) groups is 2. The lowest BCUT2D eigenvalue weighted by Gasteiger charge is -2.34. The zero-order chi connectivity index (χ0) is 19.1. The summed E-state index contributed by atoms with van der Waals surface area (Å²) in [5, 5.41) is 5.96. The van der Waals surface area contributed by atoms with Crippen LogP contribution in [0.2, 0.25) is 0 Å². The number of methoxy groups -OCH3 is 1. The van der Waals surface area contributed by atoms with Crippen LogP contribution in [0.1, 0.15) is 33.1 Å². The topological polar surface area (TPSA) is 70.7 Å². The number of likely N-dealkylation sites (N-methyl/N-ethyl adjacent to an activating group) is 1. The Bertz CT molecular complexity index is 603. The maximum atomic E-state index is 12.3. The molecule has 1 aromatic rings. The van der Waals surface area contributed by atoms with E-state index in [9.17, 15) is 9.59 Å². The van der Waals surface area contributed by atoms with Crippen molar-refractivity contribution in [3.63, 3.8) is 0 Å². The number of carbonyl (C=O) groups excluding carboxylic acids is 2. The molecular formula is C20H31N3O3. The Morgan fingerprint density at radius 3 is 2.42 bits per heavy atom. The molecule has 0 heterocycles. The third-order valence-corrected chi connectivity index (χ3v) is 5.25. The summed E-state index contributed by atoms with van der Waals surface area (Å²) < 4.78 is 5.09. The average molecular weight is 361 g/mol. The van der Waals surface area contributed by atoms with Gasteiger partial charge in [-0.05, 0) is 49.6 Å². The first-order chi connectivity index (χ1) is 12.4. The minimum Gasteiger partial charge on any atom is -0.497 e. The van der Waals surface area contributed by atoms with Gasteiger partial charge in [0.2, 0.25) is 11.8 Å². The number of hydrogen-bond donors (Lipinski definition) is 2. The SMILES string of the molecule is COc1ccc(NC(=O)CN(C)CC(=O)N[C@@H]2CCC[C@H](C)[C@H]2C)cc1. The van der Waals surface area contributed by atoms with Crippen molar-refractivity contribution >= 4 is 17.5 Å². The molecule has 1 aromatic carbocycles. The van der Waals surface area contributed by atoms with Crippen LogP contribution >= 0.6 is 0 Å². The predicted octanol–water partition coefficient (Wildman–Crippen LogP) is 2.51. The number of hydrogen-bond acceptors (Lipinski definition) is 4. The Balaban J connectivity index is 1.75. The van der Waals surface area contributed by atoms with E-state index in [1.807, 2.05) is 0 Å². The molecule has 1 saturated carbocycles. The first kappa shape index (κ1) is 20.2. The molecule has 26 heavy (non-hydrogen) atoms. The summed E-state index contributed by atoms with van der Waals surface area (Å²) in [6, 6.07) is 7.40. The largest absolute Gasteiger partial charge is 0.497 e. The maximum Gasteiger partial charge on any atom is 0.238 e. The van der Waals surface area contributed by atoms with E-state index >= 15 is 0 Å². The minimum absolute atomic E-state index is 0.0179. The van der Waals surface area contributed by atoms with Gasteiger partial charge >= 0.3 is 0 Å². The number of nitrogens with zero attached hydrogens (tertiary/aromatic N) is 1. The van der Waals surface area contributed by atoms with Gasteiger partial charge < -0.3 is 15.4 Å². The van der Waals surface area contributed by atoms with Gasteiger partial charge in [0.15, 0.2) is 0 Å². The lowest BCUT2D eigenvalue weighted by molar-refractivity contribution is -0.124. The summed E-state index contributed by atoms with van der Waals surface area (Å²) >= 11 is 0. The van der Waals surface area contributed by atoms with Crippen LogP contribution in [-0.2, 0) is 9.59 Å². The standard InChI is InChI=1S/C20H31N3O3/c1-14-6-5-7-18(15(14)2)22-20(25)13-23(3)12-19(24)21-16-8-10-17(26-4)11-9-16/h8-11,14-15,18H,5-7,12-13H2,1-4H3,(H,21,24)(H,22,25)/t14-,15+,18+/m0/s1. The molecule has 0 unspecified atom stereocenters. The normalized spacial score (nSPS) is 22.7. The number of benzene rings is 1. The molecule has 0 aromatic heterocycles. The first-order valence-corrected chi connectivity index (χ1v) is 9.31. The summed E-state index contributed by atoms with van der Waals surface area (Å²) in [5.41, 5.74) is 0.707.